The summed E-state index contributed by atoms with van der Waals surface area (Å²) in [4.78, 5) is 0. The quantitative estimate of drug-likeness (QED) is 0.771. The summed E-state index contributed by atoms with van der Waals surface area (Å²) in [5, 5.41) is 3.34. The molecule has 1 aliphatic heterocycles. The molecule has 0 spiro atoms. The van der Waals surface area contributed by atoms with Crippen LogP contribution in [0.1, 0.15) is 24.2 Å². The molecular formula is C12H17NO. The van der Waals surface area contributed by atoms with Gasteiger partial charge in [-0.05, 0) is 17.5 Å². The molecule has 0 bridgehead atoms. The Morgan fingerprint density at radius 2 is 2.14 bits per heavy atom. The predicted octanol–water partition coefficient (Wildman–Crippen LogP) is 1.91. The largest absolute Gasteiger partial charge is 0.371 e. The van der Waals surface area contributed by atoms with Gasteiger partial charge >= 0.3 is 0 Å². The van der Waals surface area contributed by atoms with Gasteiger partial charge in [0, 0.05) is 13.1 Å². The first-order chi connectivity index (χ1) is 6.90. The summed E-state index contributed by atoms with van der Waals surface area (Å²) in [7, 11) is 0. The zero-order chi connectivity index (χ0) is 9.80. The van der Waals surface area contributed by atoms with E-state index in [9.17, 15) is 0 Å². The molecule has 1 N–H and O–H groups in total. The predicted molar refractivity (Wildman–Crippen MR) is 57.4 cm³/mol. The second kappa shape index (κ2) is 4.58. The van der Waals surface area contributed by atoms with E-state index in [0.29, 0.717) is 0 Å². The highest BCUT2D eigenvalue weighted by molar-refractivity contribution is 5.24. The molecule has 0 amide bonds. The molecule has 76 valence electrons. The van der Waals surface area contributed by atoms with E-state index < -0.39 is 0 Å². The fourth-order valence-electron chi connectivity index (χ4n) is 1.75. The fraction of sp³-hybridized carbons (Fsp3) is 0.500. The van der Waals surface area contributed by atoms with Crippen molar-refractivity contribution in [1.29, 1.82) is 0 Å². The van der Waals surface area contributed by atoms with E-state index in [-0.39, 0.29) is 6.10 Å². The summed E-state index contributed by atoms with van der Waals surface area (Å²) < 4.78 is 5.67. The number of rotatable bonds is 2. The molecule has 2 heteroatoms. The summed E-state index contributed by atoms with van der Waals surface area (Å²) in [6.45, 7) is 4.91. The van der Waals surface area contributed by atoms with E-state index in [1.54, 1.807) is 0 Å². The SMILES string of the molecule is CCc1ccc(C2CNCCO2)cc1. The van der Waals surface area contributed by atoms with Gasteiger partial charge in [0.15, 0.2) is 0 Å². The number of morpholine rings is 1. The average Bonchev–Trinajstić information content (AvgIpc) is 2.30. The van der Waals surface area contributed by atoms with Crippen LogP contribution >= 0.6 is 0 Å². The Bertz CT molecular complexity index is 275. The van der Waals surface area contributed by atoms with E-state index in [1.807, 2.05) is 0 Å². The van der Waals surface area contributed by atoms with Gasteiger partial charge in [-0.2, -0.15) is 0 Å². The van der Waals surface area contributed by atoms with Crippen LogP contribution in [0.5, 0.6) is 0 Å². The van der Waals surface area contributed by atoms with Gasteiger partial charge in [0.25, 0.3) is 0 Å². The third kappa shape index (κ3) is 2.14. The van der Waals surface area contributed by atoms with Crippen molar-refractivity contribution in [3.05, 3.63) is 35.4 Å². The number of aryl methyl sites for hydroxylation is 1. The first-order valence-corrected chi connectivity index (χ1v) is 5.31. The second-order valence-electron chi connectivity index (χ2n) is 3.66. The van der Waals surface area contributed by atoms with Crippen molar-refractivity contribution >= 4 is 0 Å². The Hall–Kier alpha value is -0.860. The van der Waals surface area contributed by atoms with Gasteiger partial charge in [-0.25, -0.2) is 0 Å². The monoisotopic (exact) mass is 191 g/mol. The fourth-order valence-corrected chi connectivity index (χ4v) is 1.75. The van der Waals surface area contributed by atoms with E-state index in [1.165, 1.54) is 11.1 Å². The Morgan fingerprint density at radius 1 is 1.36 bits per heavy atom. The van der Waals surface area contributed by atoms with Crippen molar-refractivity contribution in [3.63, 3.8) is 0 Å². The maximum absolute atomic E-state index is 5.67. The molecule has 1 aliphatic rings. The Kier molecular flexibility index (Phi) is 3.17. The number of ether oxygens (including phenoxy) is 1. The van der Waals surface area contributed by atoms with Gasteiger partial charge in [-0.15, -0.1) is 0 Å². The van der Waals surface area contributed by atoms with Crippen LogP contribution in [-0.2, 0) is 11.2 Å². The summed E-state index contributed by atoms with van der Waals surface area (Å²) in [6.07, 6.45) is 1.35. The molecule has 1 fully saturated rings. The molecule has 0 radical (unpaired) electrons. The van der Waals surface area contributed by atoms with Crippen LogP contribution in [0.2, 0.25) is 0 Å². The van der Waals surface area contributed by atoms with E-state index in [2.05, 4.69) is 36.5 Å². The molecule has 1 saturated heterocycles. The second-order valence-corrected chi connectivity index (χ2v) is 3.66. The van der Waals surface area contributed by atoms with Crippen LogP contribution in [0, 0.1) is 0 Å². The lowest BCUT2D eigenvalue weighted by atomic mass is 10.1. The van der Waals surface area contributed by atoms with Crippen molar-refractivity contribution < 1.29 is 4.74 Å². The molecule has 2 nitrogen and oxygen atoms in total. The van der Waals surface area contributed by atoms with Gasteiger partial charge in [0.05, 0.1) is 12.7 Å². The van der Waals surface area contributed by atoms with E-state index in [0.717, 1.165) is 26.1 Å². The zero-order valence-corrected chi connectivity index (χ0v) is 8.62. The Morgan fingerprint density at radius 3 is 2.71 bits per heavy atom. The molecule has 1 aromatic carbocycles. The molecule has 2 rings (SSSR count). The summed E-state index contributed by atoms with van der Waals surface area (Å²) in [5.41, 5.74) is 2.67. The molecule has 0 aliphatic carbocycles. The van der Waals surface area contributed by atoms with Gasteiger partial charge in [0.2, 0.25) is 0 Å². The maximum atomic E-state index is 5.67. The minimum atomic E-state index is 0.245. The Labute approximate surface area is 85.3 Å². The van der Waals surface area contributed by atoms with E-state index >= 15 is 0 Å². The van der Waals surface area contributed by atoms with Gasteiger partial charge in [-0.1, -0.05) is 31.2 Å². The summed E-state index contributed by atoms with van der Waals surface area (Å²) in [5.74, 6) is 0. The van der Waals surface area contributed by atoms with Crippen molar-refractivity contribution in [2.24, 2.45) is 0 Å². The van der Waals surface area contributed by atoms with Crippen LogP contribution in [0.4, 0.5) is 0 Å². The molecule has 14 heavy (non-hydrogen) atoms. The van der Waals surface area contributed by atoms with Gasteiger partial charge in [-0.3, -0.25) is 0 Å². The average molecular weight is 191 g/mol. The standard InChI is InChI=1S/C12H17NO/c1-2-10-3-5-11(6-4-10)12-9-13-7-8-14-12/h3-6,12-13H,2,7-9H2,1H3. The number of hydrogen-bond donors (Lipinski definition) is 1. The van der Waals surface area contributed by atoms with Crippen LogP contribution in [0.3, 0.4) is 0 Å². The third-order valence-electron chi connectivity index (χ3n) is 2.69. The lowest BCUT2D eigenvalue weighted by molar-refractivity contribution is 0.0277. The zero-order valence-electron chi connectivity index (χ0n) is 8.62. The van der Waals surface area contributed by atoms with Crippen LogP contribution < -0.4 is 5.32 Å². The smallest absolute Gasteiger partial charge is 0.0949 e. The molecular weight excluding hydrogens is 174 g/mol. The van der Waals surface area contributed by atoms with Gasteiger partial charge in [0.1, 0.15) is 0 Å². The van der Waals surface area contributed by atoms with Crippen LogP contribution in [-0.4, -0.2) is 19.7 Å². The lowest BCUT2D eigenvalue weighted by Gasteiger charge is -2.24. The third-order valence-corrected chi connectivity index (χ3v) is 2.69. The minimum Gasteiger partial charge on any atom is -0.371 e. The molecule has 0 saturated carbocycles. The number of nitrogens with one attached hydrogen (secondary N) is 1. The van der Waals surface area contributed by atoms with Crippen molar-refractivity contribution in [2.75, 3.05) is 19.7 Å². The molecule has 0 aromatic heterocycles. The van der Waals surface area contributed by atoms with Crippen LogP contribution in [0.25, 0.3) is 0 Å². The molecule has 1 heterocycles. The van der Waals surface area contributed by atoms with Crippen molar-refractivity contribution in [2.45, 2.75) is 19.4 Å². The Balaban J connectivity index is 2.07. The highest BCUT2D eigenvalue weighted by Crippen LogP contribution is 2.19. The lowest BCUT2D eigenvalue weighted by Crippen LogP contribution is -2.33. The van der Waals surface area contributed by atoms with E-state index in [4.69, 9.17) is 4.74 Å². The topological polar surface area (TPSA) is 21.3 Å². The first kappa shape index (κ1) is 9.69. The van der Waals surface area contributed by atoms with Crippen LogP contribution in [0.15, 0.2) is 24.3 Å². The molecule has 1 aromatic rings. The van der Waals surface area contributed by atoms with Gasteiger partial charge < -0.3 is 10.1 Å². The maximum Gasteiger partial charge on any atom is 0.0949 e. The van der Waals surface area contributed by atoms with Crippen molar-refractivity contribution in [1.82, 2.24) is 5.32 Å². The summed E-state index contributed by atoms with van der Waals surface area (Å²) in [6, 6.07) is 8.73. The normalized spacial score (nSPS) is 22.2. The highest BCUT2D eigenvalue weighted by atomic mass is 16.5. The van der Waals surface area contributed by atoms with Crippen molar-refractivity contribution in [3.8, 4) is 0 Å². The first-order valence-electron chi connectivity index (χ1n) is 5.31. The molecule has 1 unspecified atom stereocenters. The molecule has 1 atom stereocenters. The number of benzene rings is 1. The number of hydrogen-bond acceptors (Lipinski definition) is 2. The summed E-state index contributed by atoms with van der Waals surface area (Å²) >= 11 is 0. The highest BCUT2D eigenvalue weighted by Gasteiger charge is 2.14. The minimum absolute atomic E-state index is 0.245.